The molecule has 1 amide bonds. The Kier molecular flexibility index (Phi) is 5.55. The fourth-order valence-corrected chi connectivity index (χ4v) is 3.33. The van der Waals surface area contributed by atoms with Crippen LogP contribution < -0.4 is 10.6 Å². The van der Waals surface area contributed by atoms with Gasteiger partial charge in [-0.2, -0.15) is 0 Å². The van der Waals surface area contributed by atoms with Gasteiger partial charge in [0.1, 0.15) is 17.0 Å². The zero-order valence-electron chi connectivity index (χ0n) is 13.7. The lowest BCUT2D eigenvalue weighted by Crippen LogP contribution is -2.27. The SMILES string of the molecule is O=C(O)C=CC(=O)NCCNc1ncnc2scc(-c3ccccc3)c12. The van der Waals surface area contributed by atoms with Gasteiger partial charge in [-0.25, -0.2) is 14.8 Å². The van der Waals surface area contributed by atoms with Gasteiger partial charge in [-0.15, -0.1) is 11.3 Å². The van der Waals surface area contributed by atoms with E-state index >= 15 is 0 Å². The van der Waals surface area contributed by atoms with E-state index in [-0.39, 0.29) is 0 Å². The molecule has 8 heteroatoms. The Morgan fingerprint density at radius 3 is 2.69 bits per heavy atom. The van der Waals surface area contributed by atoms with Crippen LogP contribution in [-0.2, 0) is 9.59 Å². The van der Waals surface area contributed by atoms with Crippen LogP contribution >= 0.6 is 11.3 Å². The van der Waals surface area contributed by atoms with E-state index in [1.54, 1.807) is 11.3 Å². The van der Waals surface area contributed by atoms with Crippen LogP contribution in [0.5, 0.6) is 0 Å². The summed E-state index contributed by atoms with van der Waals surface area (Å²) in [5.41, 5.74) is 2.14. The van der Waals surface area contributed by atoms with E-state index in [1.165, 1.54) is 6.33 Å². The molecule has 3 N–H and O–H groups in total. The second-order valence-electron chi connectivity index (χ2n) is 5.31. The highest BCUT2D eigenvalue weighted by Crippen LogP contribution is 2.36. The van der Waals surface area contributed by atoms with E-state index in [2.05, 4.69) is 26.0 Å². The van der Waals surface area contributed by atoms with Gasteiger partial charge in [-0.3, -0.25) is 4.79 Å². The molecule has 132 valence electrons. The second-order valence-corrected chi connectivity index (χ2v) is 6.17. The highest BCUT2D eigenvalue weighted by Gasteiger charge is 2.12. The van der Waals surface area contributed by atoms with Crippen molar-refractivity contribution in [3.8, 4) is 11.1 Å². The van der Waals surface area contributed by atoms with Crippen molar-refractivity contribution in [1.82, 2.24) is 15.3 Å². The first-order chi connectivity index (χ1) is 12.6. The molecule has 0 aliphatic carbocycles. The Hall–Kier alpha value is -3.26. The molecule has 0 atom stereocenters. The van der Waals surface area contributed by atoms with E-state index < -0.39 is 11.9 Å². The van der Waals surface area contributed by atoms with Crippen LogP contribution in [0.25, 0.3) is 21.3 Å². The van der Waals surface area contributed by atoms with Crippen molar-refractivity contribution < 1.29 is 14.7 Å². The standard InChI is InChI=1S/C18H16N4O3S/c23-14(6-7-15(24)25)19-8-9-20-17-16-13(12-4-2-1-3-5-12)10-26-18(16)22-11-21-17/h1-7,10-11H,8-9H2,(H,19,23)(H,24,25)(H,20,21,22). The third-order valence-corrected chi connectivity index (χ3v) is 4.44. The lowest BCUT2D eigenvalue weighted by atomic mass is 10.1. The Bertz CT molecular complexity index is 953. The van der Waals surface area contributed by atoms with E-state index in [0.29, 0.717) is 18.9 Å². The summed E-state index contributed by atoms with van der Waals surface area (Å²) < 4.78 is 0. The average Bonchev–Trinajstić information content (AvgIpc) is 3.09. The first kappa shape index (κ1) is 17.6. The van der Waals surface area contributed by atoms with Crippen LogP contribution in [0.3, 0.4) is 0 Å². The molecule has 0 aliphatic heterocycles. The number of anilines is 1. The van der Waals surface area contributed by atoms with Crippen LogP contribution in [0.1, 0.15) is 0 Å². The summed E-state index contributed by atoms with van der Waals surface area (Å²) in [4.78, 5) is 31.4. The number of rotatable bonds is 7. The summed E-state index contributed by atoms with van der Waals surface area (Å²) in [5, 5.41) is 17.3. The summed E-state index contributed by atoms with van der Waals surface area (Å²) in [6.07, 6.45) is 3.29. The second kappa shape index (κ2) is 8.21. The van der Waals surface area contributed by atoms with Gasteiger partial charge < -0.3 is 15.7 Å². The summed E-state index contributed by atoms with van der Waals surface area (Å²) in [6, 6.07) is 10.0. The fourth-order valence-electron chi connectivity index (χ4n) is 2.41. The van der Waals surface area contributed by atoms with Crippen molar-refractivity contribution in [2.75, 3.05) is 18.4 Å². The summed E-state index contributed by atoms with van der Waals surface area (Å²) in [6.45, 7) is 0.780. The lowest BCUT2D eigenvalue weighted by Gasteiger charge is -2.08. The monoisotopic (exact) mass is 368 g/mol. The van der Waals surface area contributed by atoms with E-state index in [0.717, 1.165) is 33.5 Å². The first-order valence-corrected chi connectivity index (χ1v) is 8.73. The number of nitrogens with zero attached hydrogens (tertiary/aromatic N) is 2. The number of hydrogen-bond acceptors (Lipinski definition) is 6. The molecule has 0 saturated heterocycles. The fraction of sp³-hybridized carbons (Fsp3) is 0.111. The molecule has 26 heavy (non-hydrogen) atoms. The maximum absolute atomic E-state index is 11.5. The number of carbonyl (C=O) groups is 2. The summed E-state index contributed by atoms with van der Waals surface area (Å²) in [5.74, 6) is -0.916. The summed E-state index contributed by atoms with van der Waals surface area (Å²) in [7, 11) is 0. The number of nitrogens with one attached hydrogen (secondary N) is 2. The first-order valence-electron chi connectivity index (χ1n) is 7.85. The third kappa shape index (κ3) is 4.22. The molecule has 0 saturated carbocycles. The number of hydrogen-bond donors (Lipinski definition) is 3. The number of carboxylic acids is 1. The van der Waals surface area contributed by atoms with Crippen LogP contribution in [0.4, 0.5) is 5.82 Å². The van der Waals surface area contributed by atoms with Gasteiger partial charge in [-0.05, 0) is 5.56 Å². The number of fused-ring (bicyclic) bond motifs is 1. The molecule has 0 radical (unpaired) electrons. The number of carboxylic acid groups (broad SMARTS) is 1. The molecular formula is C18H16N4O3S. The zero-order valence-corrected chi connectivity index (χ0v) is 14.5. The molecule has 3 rings (SSSR count). The van der Waals surface area contributed by atoms with Gasteiger partial charge in [0.2, 0.25) is 5.91 Å². The summed E-state index contributed by atoms with van der Waals surface area (Å²) >= 11 is 1.55. The van der Waals surface area contributed by atoms with E-state index in [4.69, 9.17) is 5.11 Å². The molecule has 0 bridgehead atoms. The molecular weight excluding hydrogens is 352 g/mol. The molecule has 0 aliphatic rings. The average molecular weight is 368 g/mol. The molecule has 2 heterocycles. The maximum atomic E-state index is 11.5. The quantitative estimate of drug-likeness (QED) is 0.437. The third-order valence-electron chi connectivity index (χ3n) is 3.55. The Labute approximate surface area is 153 Å². The molecule has 7 nitrogen and oxygen atoms in total. The minimum atomic E-state index is -1.16. The molecule has 3 aromatic rings. The number of amides is 1. The van der Waals surface area contributed by atoms with Gasteiger partial charge >= 0.3 is 5.97 Å². The predicted octanol–water partition coefficient (Wildman–Crippen LogP) is 2.53. The number of thiophene rings is 1. The highest BCUT2D eigenvalue weighted by atomic mass is 32.1. The van der Waals surface area contributed by atoms with Crippen molar-refractivity contribution in [2.45, 2.75) is 0 Å². The van der Waals surface area contributed by atoms with Crippen LogP contribution in [-0.4, -0.2) is 40.0 Å². The lowest BCUT2D eigenvalue weighted by molar-refractivity contribution is -0.131. The largest absolute Gasteiger partial charge is 0.478 e. The molecule has 0 fully saturated rings. The normalized spacial score (nSPS) is 10.9. The Morgan fingerprint density at radius 2 is 1.92 bits per heavy atom. The van der Waals surface area contributed by atoms with Crippen molar-refractivity contribution in [2.24, 2.45) is 0 Å². The number of benzene rings is 1. The van der Waals surface area contributed by atoms with Crippen LogP contribution in [0.2, 0.25) is 0 Å². The number of aliphatic carboxylic acids is 1. The van der Waals surface area contributed by atoms with Crippen molar-refractivity contribution in [3.05, 3.63) is 54.2 Å². The topological polar surface area (TPSA) is 104 Å². The van der Waals surface area contributed by atoms with Gasteiger partial charge in [0.05, 0.1) is 5.39 Å². The van der Waals surface area contributed by atoms with Gasteiger partial charge in [0, 0.05) is 36.2 Å². The van der Waals surface area contributed by atoms with E-state index in [9.17, 15) is 9.59 Å². The molecule has 1 aromatic carbocycles. The zero-order chi connectivity index (χ0) is 18.4. The van der Waals surface area contributed by atoms with Crippen molar-refractivity contribution >= 4 is 39.2 Å². The van der Waals surface area contributed by atoms with Crippen molar-refractivity contribution in [1.29, 1.82) is 0 Å². The smallest absolute Gasteiger partial charge is 0.328 e. The number of aromatic nitrogens is 2. The van der Waals surface area contributed by atoms with E-state index in [1.807, 2.05) is 30.3 Å². The van der Waals surface area contributed by atoms with Gasteiger partial charge in [0.15, 0.2) is 0 Å². The molecule has 0 spiro atoms. The Morgan fingerprint density at radius 1 is 1.12 bits per heavy atom. The van der Waals surface area contributed by atoms with Gasteiger partial charge in [-0.1, -0.05) is 30.3 Å². The van der Waals surface area contributed by atoms with Gasteiger partial charge in [0.25, 0.3) is 0 Å². The highest BCUT2D eigenvalue weighted by molar-refractivity contribution is 7.17. The minimum absolute atomic E-state index is 0.332. The van der Waals surface area contributed by atoms with Crippen LogP contribution in [0.15, 0.2) is 54.2 Å². The molecule has 0 unspecified atom stereocenters. The van der Waals surface area contributed by atoms with Crippen LogP contribution in [0, 0.1) is 0 Å². The maximum Gasteiger partial charge on any atom is 0.328 e. The molecule has 2 aromatic heterocycles. The predicted molar refractivity (Wildman–Crippen MR) is 101 cm³/mol. The number of carbonyl (C=O) groups excluding carboxylic acids is 1. The van der Waals surface area contributed by atoms with Crippen molar-refractivity contribution in [3.63, 3.8) is 0 Å². The Balaban J connectivity index is 1.70. The minimum Gasteiger partial charge on any atom is -0.478 e.